The molecule has 1 saturated heterocycles. The van der Waals surface area contributed by atoms with Gasteiger partial charge in [-0.3, -0.25) is 9.69 Å². The van der Waals surface area contributed by atoms with Crippen molar-refractivity contribution in [2.24, 2.45) is 5.92 Å². The van der Waals surface area contributed by atoms with Crippen molar-refractivity contribution in [1.29, 1.82) is 0 Å². The van der Waals surface area contributed by atoms with Crippen molar-refractivity contribution < 1.29 is 14.3 Å². The van der Waals surface area contributed by atoms with Crippen LogP contribution in [0, 0.1) is 5.92 Å². The van der Waals surface area contributed by atoms with E-state index in [1.165, 1.54) is 7.11 Å². The zero-order valence-corrected chi connectivity index (χ0v) is 10.9. The molecule has 1 unspecified atom stereocenters. The van der Waals surface area contributed by atoms with Crippen molar-refractivity contribution in [3.63, 3.8) is 0 Å². The molecule has 1 atom stereocenters. The molecule has 2 rings (SSSR count). The zero-order valence-electron chi connectivity index (χ0n) is 10.00. The molecule has 0 N–H and O–H groups in total. The van der Waals surface area contributed by atoms with Crippen LogP contribution in [0.5, 0.6) is 0 Å². The summed E-state index contributed by atoms with van der Waals surface area (Å²) in [6, 6.07) is 4.97. The number of aromatic nitrogens is 1. The molecule has 0 bridgehead atoms. The maximum Gasteiger partial charge on any atom is 0.356 e. The average molecular weight is 266 g/mol. The van der Waals surface area contributed by atoms with Crippen molar-refractivity contribution in [3.8, 4) is 0 Å². The summed E-state index contributed by atoms with van der Waals surface area (Å²) in [7, 11) is 1.30. The fourth-order valence-electron chi connectivity index (χ4n) is 1.92. The number of nitrogens with zero attached hydrogens (tertiary/aromatic N) is 2. The molecule has 1 aromatic heterocycles. The molecule has 1 fully saturated rings. The number of carbonyl (C=O) groups is 2. The predicted octanol–water partition coefficient (Wildman–Crippen LogP) is 1.15. The number of hydrogen-bond donors (Lipinski definition) is 1. The Morgan fingerprint density at radius 2 is 2.39 bits per heavy atom. The molecule has 1 aromatic rings. The minimum absolute atomic E-state index is 0.0172. The maximum atomic E-state index is 11.8. The summed E-state index contributed by atoms with van der Waals surface area (Å²) in [6.45, 7) is 0.597. The number of ether oxygens (including phenoxy) is 1. The summed E-state index contributed by atoms with van der Waals surface area (Å²) in [5.74, 6) is 0.910. The number of amides is 1. The van der Waals surface area contributed by atoms with Gasteiger partial charge in [-0.2, -0.15) is 12.6 Å². The summed E-state index contributed by atoms with van der Waals surface area (Å²) in [4.78, 5) is 29.0. The van der Waals surface area contributed by atoms with Crippen LogP contribution in [0.15, 0.2) is 18.2 Å². The Bertz CT molecular complexity index is 478. The molecule has 1 aliphatic rings. The first kappa shape index (κ1) is 12.9. The molecule has 1 aliphatic heterocycles. The van der Waals surface area contributed by atoms with Gasteiger partial charge in [-0.05, 0) is 23.8 Å². The summed E-state index contributed by atoms with van der Waals surface area (Å²) in [5.41, 5.74) is 0.206. The molecule has 6 heteroatoms. The van der Waals surface area contributed by atoms with E-state index in [1.807, 2.05) is 0 Å². The topological polar surface area (TPSA) is 59.5 Å². The first-order valence-electron chi connectivity index (χ1n) is 5.62. The second kappa shape index (κ2) is 5.39. The molecule has 0 saturated carbocycles. The van der Waals surface area contributed by atoms with Crippen LogP contribution in [0.1, 0.15) is 16.9 Å². The van der Waals surface area contributed by atoms with Crippen LogP contribution < -0.4 is 4.90 Å². The van der Waals surface area contributed by atoms with Gasteiger partial charge >= 0.3 is 5.97 Å². The first-order chi connectivity index (χ1) is 8.65. The van der Waals surface area contributed by atoms with Gasteiger partial charge in [0.05, 0.1) is 7.11 Å². The van der Waals surface area contributed by atoms with Gasteiger partial charge in [-0.25, -0.2) is 9.78 Å². The van der Waals surface area contributed by atoms with E-state index < -0.39 is 5.97 Å². The van der Waals surface area contributed by atoms with E-state index in [-0.39, 0.29) is 17.5 Å². The second-order valence-electron chi connectivity index (χ2n) is 4.13. The highest BCUT2D eigenvalue weighted by Gasteiger charge is 2.30. The molecule has 0 aromatic carbocycles. The number of thiol groups is 1. The number of rotatable bonds is 3. The molecule has 18 heavy (non-hydrogen) atoms. The number of anilines is 1. The highest BCUT2D eigenvalue weighted by Crippen LogP contribution is 2.24. The van der Waals surface area contributed by atoms with Crippen molar-refractivity contribution in [3.05, 3.63) is 23.9 Å². The average Bonchev–Trinajstić information content (AvgIpc) is 2.79. The second-order valence-corrected chi connectivity index (χ2v) is 4.49. The Balaban J connectivity index is 2.24. The van der Waals surface area contributed by atoms with Crippen molar-refractivity contribution in [2.45, 2.75) is 6.42 Å². The van der Waals surface area contributed by atoms with Crippen molar-refractivity contribution in [1.82, 2.24) is 4.98 Å². The lowest BCUT2D eigenvalue weighted by atomic mass is 10.1. The lowest BCUT2D eigenvalue weighted by Gasteiger charge is -2.15. The summed E-state index contributed by atoms with van der Waals surface area (Å²) >= 11 is 4.20. The van der Waals surface area contributed by atoms with E-state index in [9.17, 15) is 9.59 Å². The normalized spacial score (nSPS) is 19.1. The van der Waals surface area contributed by atoms with Gasteiger partial charge in [0, 0.05) is 13.0 Å². The van der Waals surface area contributed by atoms with Gasteiger partial charge in [0.15, 0.2) is 5.69 Å². The summed E-state index contributed by atoms with van der Waals surface area (Å²) in [6.07, 6.45) is 0.480. The Morgan fingerprint density at radius 3 is 3.00 bits per heavy atom. The predicted molar refractivity (Wildman–Crippen MR) is 69.9 cm³/mol. The van der Waals surface area contributed by atoms with Gasteiger partial charge in [0.25, 0.3) is 0 Å². The quantitative estimate of drug-likeness (QED) is 0.658. The third kappa shape index (κ3) is 2.48. The molecule has 0 aliphatic carbocycles. The molecule has 2 heterocycles. The summed E-state index contributed by atoms with van der Waals surface area (Å²) < 4.78 is 4.61. The zero-order chi connectivity index (χ0) is 13.1. The Labute approximate surface area is 111 Å². The van der Waals surface area contributed by atoms with E-state index >= 15 is 0 Å². The number of hydrogen-bond acceptors (Lipinski definition) is 5. The van der Waals surface area contributed by atoms with Crippen LogP contribution in [0.2, 0.25) is 0 Å². The van der Waals surface area contributed by atoms with E-state index in [0.29, 0.717) is 24.5 Å². The number of esters is 1. The minimum atomic E-state index is -0.505. The Kier molecular flexibility index (Phi) is 3.86. The molecule has 0 spiro atoms. The van der Waals surface area contributed by atoms with E-state index in [4.69, 9.17) is 0 Å². The van der Waals surface area contributed by atoms with Crippen LogP contribution in [0.4, 0.5) is 5.82 Å². The smallest absolute Gasteiger partial charge is 0.356 e. The van der Waals surface area contributed by atoms with Gasteiger partial charge in [-0.1, -0.05) is 6.07 Å². The summed E-state index contributed by atoms with van der Waals surface area (Å²) in [5, 5.41) is 0. The van der Waals surface area contributed by atoms with Gasteiger partial charge in [-0.15, -0.1) is 0 Å². The van der Waals surface area contributed by atoms with Crippen LogP contribution >= 0.6 is 12.6 Å². The van der Waals surface area contributed by atoms with Crippen LogP contribution in [-0.2, 0) is 9.53 Å². The number of pyridine rings is 1. The maximum absolute atomic E-state index is 11.8. The van der Waals surface area contributed by atoms with Gasteiger partial charge in [0.2, 0.25) is 5.91 Å². The fourth-order valence-corrected chi connectivity index (χ4v) is 2.16. The monoisotopic (exact) mass is 266 g/mol. The standard InChI is InChI=1S/C12H14N2O3S/c1-17-12(16)9-3-2-4-10(13-9)14-6-8(7-18)5-11(14)15/h2-4,8,18H,5-7H2,1H3. The third-order valence-electron chi connectivity index (χ3n) is 2.87. The van der Waals surface area contributed by atoms with Gasteiger partial charge in [0.1, 0.15) is 5.82 Å². The molecular weight excluding hydrogens is 252 g/mol. The molecule has 0 radical (unpaired) electrons. The molecule has 5 nitrogen and oxygen atoms in total. The third-order valence-corrected chi connectivity index (χ3v) is 3.39. The van der Waals surface area contributed by atoms with Crippen molar-refractivity contribution >= 4 is 30.3 Å². The molecular formula is C12H14N2O3S. The highest BCUT2D eigenvalue weighted by atomic mass is 32.1. The van der Waals surface area contributed by atoms with E-state index in [1.54, 1.807) is 23.1 Å². The highest BCUT2D eigenvalue weighted by molar-refractivity contribution is 7.80. The Hall–Kier alpha value is -1.56. The van der Waals surface area contributed by atoms with Gasteiger partial charge < -0.3 is 4.74 Å². The minimum Gasteiger partial charge on any atom is -0.464 e. The van der Waals surface area contributed by atoms with E-state index in [2.05, 4.69) is 22.3 Å². The number of carbonyl (C=O) groups excluding carboxylic acids is 2. The van der Waals surface area contributed by atoms with Crippen LogP contribution in [-0.4, -0.2) is 36.3 Å². The number of methoxy groups -OCH3 is 1. The SMILES string of the molecule is COC(=O)c1cccc(N2CC(CS)CC2=O)n1. The largest absolute Gasteiger partial charge is 0.464 e. The Morgan fingerprint density at radius 1 is 1.61 bits per heavy atom. The lowest BCUT2D eigenvalue weighted by Crippen LogP contribution is -2.26. The first-order valence-corrected chi connectivity index (χ1v) is 6.25. The fraction of sp³-hybridized carbons (Fsp3) is 0.417. The van der Waals surface area contributed by atoms with E-state index in [0.717, 1.165) is 0 Å². The lowest BCUT2D eigenvalue weighted by molar-refractivity contribution is -0.117. The van der Waals surface area contributed by atoms with Crippen molar-refractivity contribution in [2.75, 3.05) is 24.3 Å². The van der Waals surface area contributed by atoms with Crippen LogP contribution in [0.25, 0.3) is 0 Å². The van der Waals surface area contributed by atoms with Crippen LogP contribution in [0.3, 0.4) is 0 Å². The molecule has 1 amide bonds. The molecule has 96 valence electrons.